The fourth-order valence-electron chi connectivity index (χ4n) is 1.94. The van der Waals surface area contributed by atoms with Crippen molar-refractivity contribution < 1.29 is 13.5 Å². The molecule has 16 heavy (non-hydrogen) atoms. The molecule has 0 aliphatic carbocycles. The van der Waals surface area contributed by atoms with Gasteiger partial charge >= 0.3 is 0 Å². The summed E-state index contributed by atoms with van der Waals surface area (Å²) in [6.07, 6.45) is 0.746. The molecule has 0 saturated carbocycles. The third-order valence-electron chi connectivity index (χ3n) is 2.85. The van der Waals surface area contributed by atoms with Crippen LogP contribution in [-0.4, -0.2) is 13.2 Å². The molecule has 2 atom stereocenters. The zero-order chi connectivity index (χ0) is 11.7. The number of hydrogen-bond acceptors (Lipinski definition) is 2. The van der Waals surface area contributed by atoms with Gasteiger partial charge in [0.2, 0.25) is 0 Å². The molecule has 5 heteroatoms. The number of ether oxygens (including phenoxy) is 1. The van der Waals surface area contributed by atoms with E-state index in [0.29, 0.717) is 17.7 Å². The molecule has 2 unspecified atom stereocenters. The Hall–Kier alpha value is -0.520. The summed E-state index contributed by atoms with van der Waals surface area (Å²) >= 11 is 3.03. The van der Waals surface area contributed by atoms with E-state index < -0.39 is 17.7 Å². The lowest BCUT2D eigenvalue weighted by atomic mass is 9.92. The molecule has 0 amide bonds. The van der Waals surface area contributed by atoms with Crippen LogP contribution in [0.25, 0.3) is 0 Å². The van der Waals surface area contributed by atoms with Crippen molar-refractivity contribution in [1.29, 1.82) is 0 Å². The summed E-state index contributed by atoms with van der Waals surface area (Å²) in [6.45, 7) is 1.08. The van der Waals surface area contributed by atoms with Crippen molar-refractivity contribution in [3.8, 4) is 0 Å². The van der Waals surface area contributed by atoms with Crippen LogP contribution in [0.4, 0.5) is 8.78 Å². The van der Waals surface area contributed by atoms with Crippen LogP contribution in [0, 0.1) is 17.6 Å². The van der Waals surface area contributed by atoms with Crippen LogP contribution in [0.2, 0.25) is 0 Å². The number of hydrogen-bond donors (Lipinski definition) is 1. The summed E-state index contributed by atoms with van der Waals surface area (Å²) in [7, 11) is 0. The van der Waals surface area contributed by atoms with Crippen LogP contribution in [-0.2, 0) is 4.74 Å². The molecule has 1 aliphatic rings. The van der Waals surface area contributed by atoms with Crippen molar-refractivity contribution in [3.05, 3.63) is 33.8 Å². The van der Waals surface area contributed by atoms with E-state index in [1.165, 1.54) is 12.1 Å². The minimum absolute atomic E-state index is 0.00910. The third-order valence-corrected chi connectivity index (χ3v) is 3.31. The molecule has 1 saturated heterocycles. The SMILES string of the molecule is NC(c1c(F)cc(Br)cc1F)C1CCOC1. The summed E-state index contributed by atoms with van der Waals surface area (Å²) in [5.74, 6) is -1.22. The largest absolute Gasteiger partial charge is 0.381 e. The van der Waals surface area contributed by atoms with Gasteiger partial charge in [0.25, 0.3) is 0 Å². The smallest absolute Gasteiger partial charge is 0.132 e. The van der Waals surface area contributed by atoms with Gasteiger partial charge in [-0.15, -0.1) is 0 Å². The Bertz CT molecular complexity index is 371. The maximum atomic E-state index is 13.6. The molecular weight excluding hydrogens is 280 g/mol. The minimum atomic E-state index is -0.643. The molecule has 1 aliphatic heterocycles. The molecule has 0 spiro atoms. The highest BCUT2D eigenvalue weighted by atomic mass is 79.9. The normalized spacial score (nSPS) is 22.4. The molecule has 1 aromatic carbocycles. The van der Waals surface area contributed by atoms with Gasteiger partial charge in [-0.05, 0) is 18.6 Å². The molecule has 2 N–H and O–H groups in total. The van der Waals surface area contributed by atoms with Gasteiger partial charge in [-0.1, -0.05) is 15.9 Å². The van der Waals surface area contributed by atoms with Crippen LogP contribution in [0.15, 0.2) is 16.6 Å². The van der Waals surface area contributed by atoms with Crippen LogP contribution in [0.5, 0.6) is 0 Å². The lowest BCUT2D eigenvalue weighted by molar-refractivity contribution is 0.180. The van der Waals surface area contributed by atoms with Gasteiger partial charge in [0.05, 0.1) is 6.61 Å². The first-order valence-electron chi connectivity index (χ1n) is 5.07. The van der Waals surface area contributed by atoms with Gasteiger partial charge in [-0.2, -0.15) is 0 Å². The van der Waals surface area contributed by atoms with Crippen molar-refractivity contribution in [2.75, 3.05) is 13.2 Å². The zero-order valence-corrected chi connectivity index (χ0v) is 10.1. The first-order chi connectivity index (χ1) is 7.59. The van der Waals surface area contributed by atoms with E-state index in [4.69, 9.17) is 10.5 Å². The highest BCUT2D eigenvalue weighted by Crippen LogP contribution is 2.31. The van der Waals surface area contributed by atoms with Crippen LogP contribution >= 0.6 is 15.9 Å². The first-order valence-corrected chi connectivity index (χ1v) is 5.86. The van der Waals surface area contributed by atoms with Gasteiger partial charge in [0.15, 0.2) is 0 Å². The second kappa shape index (κ2) is 4.77. The Morgan fingerprint density at radius 1 is 1.38 bits per heavy atom. The van der Waals surface area contributed by atoms with Gasteiger partial charge in [-0.25, -0.2) is 8.78 Å². The summed E-state index contributed by atoms with van der Waals surface area (Å²) < 4.78 is 32.8. The third kappa shape index (κ3) is 2.26. The van der Waals surface area contributed by atoms with Crippen molar-refractivity contribution in [2.24, 2.45) is 11.7 Å². The molecule has 1 fully saturated rings. The predicted octanol–water partition coefficient (Wildman–Crippen LogP) is 2.76. The lowest BCUT2D eigenvalue weighted by Gasteiger charge is -2.19. The minimum Gasteiger partial charge on any atom is -0.381 e. The van der Waals surface area contributed by atoms with Crippen molar-refractivity contribution in [1.82, 2.24) is 0 Å². The van der Waals surface area contributed by atoms with Crippen molar-refractivity contribution in [2.45, 2.75) is 12.5 Å². The molecule has 2 nitrogen and oxygen atoms in total. The van der Waals surface area contributed by atoms with Gasteiger partial charge in [-0.3, -0.25) is 0 Å². The van der Waals surface area contributed by atoms with Gasteiger partial charge < -0.3 is 10.5 Å². The Labute approximate surface area is 101 Å². The molecule has 2 rings (SSSR count). The Morgan fingerprint density at radius 3 is 2.50 bits per heavy atom. The molecule has 1 heterocycles. The van der Waals surface area contributed by atoms with E-state index >= 15 is 0 Å². The topological polar surface area (TPSA) is 35.2 Å². The first kappa shape index (κ1) is 12.0. The summed E-state index contributed by atoms with van der Waals surface area (Å²) in [5.41, 5.74) is 5.83. The fraction of sp³-hybridized carbons (Fsp3) is 0.455. The maximum absolute atomic E-state index is 13.6. The Kier molecular flexibility index (Phi) is 3.56. The van der Waals surface area contributed by atoms with Crippen molar-refractivity contribution in [3.63, 3.8) is 0 Å². The number of nitrogens with two attached hydrogens (primary N) is 1. The van der Waals surface area contributed by atoms with Gasteiger partial charge in [0, 0.05) is 28.6 Å². The number of rotatable bonds is 2. The molecule has 1 aromatic rings. The van der Waals surface area contributed by atoms with Gasteiger partial charge in [0.1, 0.15) is 11.6 Å². The van der Waals surface area contributed by atoms with E-state index in [-0.39, 0.29) is 11.5 Å². The zero-order valence-electron chi connectivity index (χ0n) is 8.55. The van der Waals surface area contributed by atoms with Crippen LogP contribution in [0.1, 0.15) is 18.0 Å². The van der Waals surface area contributed by atoms with E-state index in [0.717, 1.165) is 6.42 Å². The average Bonchev–Trinajstić information content (AvgIpc) is 2.67. The predicted molar refractivity (Wildman–Crippen MR) is 59.9 cm³/mol. The van der Waals surface area contributed by atoms with E-state index in [1.54, 1.807) is 0 Å². The Morgan fingerprint density at radius 2 is 2.00 bits per heavy atom. The van der Waals surface area contributed by atoms with E-state index in [1.807, 2.05) is 0 Å². The van der Waals surface area contributed by atoms with E-state index in [9.17, 15) is 8.78 Å². The van der Waals surface area contributed by atoms with Crippen LogP contribution < -0.4 is 5.73 Å². The molecular formula is C11H12BrF2NO. The highest BCUT2D eigenvalue weighted by molar-refractivity contribution is 9.10. The fourth-order valence-corrected chi connectivity index (χ4v) is 2.35. The average molecular weight is 292 g/mol. The van der Waals surface area contributed by atoms with Crippen molar-refractivity contribution >= 4 is 15.9 Å². The number of halogens is 3. The highest BCUT2D eigenvalue weighted by Gasteiger charge is 2.28. The van der Waals surface area contributed by atoms with E-state index in [2.05, 4.69) is 15.9 Å². The molecule has 0 bridgehead atoms. The monoisotopic (exact) mass is 291 g/mol. The maximum Gasteiger partial charge on any atom is 0.132 e. The molecule has 0 radical (unpaired) electrons. The Balaban J connectivity index is 2.31. The lowest BCUT2D eigenvalue weighted by Crippen LogP contribution is -2.24. The molecule has 0 aromatic heterocycles. The summed E-state index contributed by atoms with van der Waals surface area (Å²) in [6, 6.07) is 1.82. The molecule has 88 valence electrons. The summed E-state index contributed by atoms with van der Waals surface area (Å²) in [4.78, 5) is 0. The van der Waals surface area contributed by atoms with Crippen LogP contribution in [0.3, 0.4) is 0 Å². The quantitative estimate of drug-likeness (QED) is 0.909. The number of benzene rings is 1. The second-order valence-corrected chi connectivity index (χ2v) is 4.85. The summed E-state index contributed by atoms with van der Waals surface area (Å²) in [5, 5.41) is 0. The second-order valence-electron chi connectivity index (χ2n) is 3.93. The standard InChI is InChI=1S/C11H12BrF2NO/c12-7-3-8(13)10(9(14)4-7)11(15)6-1-2-16-5-6/h3-4,6,11H,1-2,5,15H2.